The highest BCUT2D eigenvalue weighted by molar-refractivity contribution is 5.76. The molecule has 0 heterocycles. The van der Waals surface area contributed by atoms with Crippen LogP contribution in [0, 0.1) is 0 Å². The Kier molecular flexibility index (Phi) is 4.11. The minimum Gasteiger partial charge on any atom is -0.497 e. The minimum atomic E-state index is -0.826. The third kappa shape index (κ3) is 3.12. The molecule has 1 aromatic rings. The summed E-state index contributed by atoms with van der Waals surface area (Å²) in [5, 5.41) is 9.13. The molecule has 0 aromatic heterocycles. The van der Waals surface area contributed by atoms with Crippen molar-refractivity contribution in [3.05, 3.63) is 42.0 Å². The Hall–Kier alpha value is -1.77. The molecular weight excluding hydrogens is 204 g/mol. The quantitative estimate of drug-likeness (QED) is 0.776. The summed E-state index contributed by atoms with van der Waals surface area (Å²) in [6.07, 6.45) is 0.460. The van der Waals surface area contributed by atoms with E-state index in [0.29, 0.717) is 6.42 Å². The number of carbonyl (C=O) groups is 1. The van der Waals surface area contributed by atoms with Crippen LogP contribution >= 0.6 is 0 Å². The molecule has 0 aliphatic carbocycles. The zero-order valence-corrected chi connectivity index (χ0v) is 9.56. The van der Waals surface area contributed by atoms with Crippen LogP contribution in [0.1, 0.15) is 24.8 Å². The Morgan fingerprint density at radius 3 is 2.38 bits per heavy atom. The number of carboxylic acids is 1. The smallest absolute Gasteiger partial charge is 0.311 e. The minimum absolute atomic E-state index is 0.460. The summed E-state index contributed by atoms with van der Waals surface area (Å²) in [4.78, 5) is 11.1. The van der Waals surface area contributed by atoms with Gasteiger partial charge in [-0.15, -0.1) is 6.58 Å². The Bertz CT molecular complexity index is 379. The summed E-state index contributed by atoms with van der Waals surface area (Å²) < 4.78 is 5.03. The van der Waals surface area contributed by atoms with E-state index in [2.05, 4.69) is 6.58 Å². The first kappa shape index (κ1) is 12.3. The molecule has 3 nitrogen and oxygen atoms in total. The van der Waals surface area contributed by atoms with Gasteiger partial charge >= 0.3 is 5.97 Å². The van der Waals surface area contributed by atoms with Crippen molar-refractivity contribution < 1.29 is 14.6 Å². The molecule has 0 aliphatic rings. The average molecular weight is 220 g/mol. The molecule has 86 valence electrons. The molecule has 0 saturated carbocycles. The van der Waals surface area contributed by atoms with E-state index >= 15 is 0 Å². The van der Waals surface area contributed by atoms with Crippen LogP contribution in [0.5, 0.6) is 5.75 Å². The third-order valence-electron chi connectivity index (χ3n) is 2.37. The Morgan fingerprint density at radius 1 is 1.44 bits per heavy atom. The Balaban J connectivity index is 2.92. The maximum Gasteiger partial charge on any atom is 0.311 e. The molecule has 0 spiro atoms. The van der Waals surface area contributed by atoms with E-state index < -0.39 is 11.9 Å². The molecule has 0 amide bonds. The van der Waals surface area contributed by atoms with Crippen molar-refractivity contribution in [2.45, 2.75) is 19.3 Å². The molecule has 1 rings (SSSR count). The molecule has 0 saturated heterocycles. The second-order valence-corrected chi connectivity index (χ2v) is 3.83. The maximum atomic E-state index is 11.1. The van der Waals surface area contributed by atoms with Gasteiger partial charge in [-0.3, -0.25) is 4.79 Å². The zero-order valence-electron chi connectivity index (χ0n) is 9.56. The monoisotopic (exact) mass is 220 g/mol. The molecule has 0 fully saturated rings. The van der Waals surface area contributed by atoms with Gasteiger partial charge in [-0.05, 0) is 31.0 Å². The lowest BCUT2D eigenvalue weighted by molar-refractivity contribution is -0.138. The van der Waals surface area contributed by atoms with Crippen molar-refractivity contribution >= 4 is 5.97 Å². The Labute approximate surface area is 95.4 Å². The first-order valence-corrected chi connectivity index (χ1v) is 5.05. The molecule has 1 unspecified atom stereocenters. The molecule has 1 aromatic carbocycles. The van der Waals surface area contributed by atoms with Crippen molar-refractivity contribution in [1.29, 1.82) is 0 Å². The average Bonchev–Trinajstić information content (AvgIpc) is 2.25. The van der Waals surface area contributed by atoms with Gasteiger partial charge in [0, 0.05) is 0 Å². The van der Waals surface area contributed by atoms with Crippen LogP contribution in [-0.2, 0) is 4.79 Å². The number of aliphatic carboxylic acids is 1. The van der Waals surface area contributed by atoms with E-state index in [9.17, 15) is 4.79 Å². The van der Waals surface area contributed by atoms with E-state index in [0.717, 1.165) is 16.9 Å². The topological polar surface area (TPSA) is 46.5 Å². The van der Waals surface area contributed by atoms with Crippen LogP contribution in [-0.4, -0.2) is 18.2 Å². The molecule has 16 heavy (non-hydrogen) atoms. The molecule has 1 N–H and O–H groups in total. The van der Waals surface area contributed by atoms with Gasteiger partial charge in [0.2, 0.25) is 0 Å². The third-order valence-corrected chi connectivity index (χ3v) is 2.37. The number of carboxylic acid groups (broad SMARTS) is 1. The van der Waals surface area contributed by atoms with Crippen molar-refractivity contribution in [2.24, 2.45) is 0 Å². The first-order valence-electron chi connectivity index (χ1n) is 5.05. The largest absolute Gasteiger partial charge is 0.497 e. The number of hydrogen-bond acceptors (Lipinski definition) is 2. The fourth-order valence-electron chi connectivity index (χ4n) is 1.53. The van der Waals surface area contributed by atoms with Gasteiger partial charge in [-0.25, -0.2) is 0 Å². The highest BCUT2D eigenvalue weighted by atomic mass is 16.5. The predicted octanol–water partition coefficient (Wildman–Crippen LogP) is 2.83. The molecule has 0 bridgehead atoms. The van der Waals surface area contributed by atoms with Gasteiger partial charge in [-0.1, -0.05) is 17.7 Å². The van der Waals surface area contributed by atoms with Crippen LogP contribution in [0.25, 0.3) is 0 Å². The second kappa shape index (κ2) is 5.35. The van der Waals surface area contributed by atoms with E-state index in [1.165, 1.54) is 0 Å². The fraction of sp³-hybridized carbons (Fsp3) is 0.308. The zero-order chi connectivity index (χ0) is 12.1. The highest BCUT2D eigenvalue weighted by Crippen LogP contribution is 2.25. The summed E-state index contributed by atoms with van der Waals surface area (Å²) in [6, 6.07) is 7.09. The summed E-state index contributed by atoms with van der Waals surface area (Å²) in [6.45, 7) is 5.58. The number of methoxy groups -OCH3 is 1. The molecule has 1 atom stereocenters. The van der Waals surface area contributed by atoms with Crippen molar-refractivity contribution in [1.82, 2.24) is 0 Å². The first-order chi connectivity index (χ1) is 7.54. The molecule has 0 radical (unpaired) electrons. The van der Waals surface area contributed by atoms with Gasteiger partial charge in [0.1, 0.15) is 5.75 Å². The summed E-state index contributed by atoms with van der Waals surface area (Å²) in [5.74, 6) is -0.625. The standard InChI is InChI=1S/C13H16O3/c1-9(2)8-12(13(14)15)10-4-6-11(16-3)7-5-10/h4-7,12H,1,8H2,2-3H3,(H,14,15). The molecule has 3 heteroatoms. The molecule has 0 aliphatic heterocycles. The van der Waals surface area contributed by atoms with E-state index in [1.807, 2.05) is 6.92 Å². The van der Waals surface area contributed by atoms with E-state index in [1.54, 1.807) is 31.4 Å². The predicted molar refractivity (Wildman–Crippen MR) is 62.8 cm³/mol. The SMILES string of the molecule is C=C(C)CC(C(=O)O)c1ccc(OC)cc1. The van der Waals surface area contributed by atoms with E-state index in [4.69, 9.17) is 9.84 Å². The number of hydrogen-bond donors (Lipinski definition) is 1. The lowest BCUT2D eigenvalue weighted by Crippen LogP contribution is -2.11. The van der Waals surface area contributed by atoms with Crippen molar-refractivity contribution in [3.63, 3.8) is 0 Å². The van der Waals surface area contributed by atoms with Crippen molar-refractivity contribution in [2.75, 3.05) is 7.11 Å². The van der Waals surface area contributed by atoms with Crippen LogP contribution in [0.2, 0.25) is 0 Å². The van der Waals surface area contributed by atoms with Crippen LogP contribution in [0.15, 0.2) is 36.4 Å². The van der Waals surface area contributed by atoms with Crippen LogP contribution in [0.3, 0.4) is 0 Å². The van der Waals surface area contributed by atoms with Crippen LogP contribution in [0.4, 0.5) is 0 Å². The summed E-state index contributed by atoms with van der Waals surface area (Å²) in [7, 11) is 1.58. The van der Waals surface area contributed by atoms with Gasteiger partial charge in [-0.2, -0.15) is 0 Å². The number of benzene rings is 1. The number of ether oxygens (including phenoxy) is 1. The lowest BCUT2D eigenvalue weighted by Gasteiger charge is -2.13. The van der Waals surface area contributed by atoms with Gasteiger partial charge in [0.25, 0.3) is 0 Å². The second-order valence-electron chi connectivity index (χ2n) is 3.83. The van der Waals surface area contributed by atoms with E-state index in [-0.39, 0.29) is 0 Å². The van der Waals surface area contributed by atoms with Gasteiger partial charge in [0.15, 0.2) is 0 Å². The molecular formula is C13H16O3. The Morgan fingerprint density at radius 2 is 2.00 bits per heavy atom. The number of allylic oxidation sites excluding steroid dienone is 1. The van der Waals surface area contributed by atoms with Gasteiger partial charge < -0.3 is 9.84 Å². The maximum absolute atomic E-state index is 11.1. The number of rotatable bonds is 5. The normalized spacial score (nSPS) is 11.9. The van der Waals surface area contributed by atoms with Gasteiger partial charge in [0.05, 0.1) is 13.0 Å². The fourth-order valence-corrected chi connectivity index (χ4v) is 1.53. The van der Waals surface area contributed by atoms with Crippen molar-refractivity contribution in [3.8, 4) is 5.75 Å². The highest BCUT2D eigenvalue weighted by Gasteiger charge is 2.19. The summed E-state index contributed by atoms with van der Waals surface area (Å²) in [5.41, 5.74) is 1.64. The van der Waals surface area contributed by atoms with Crippen LogP contribution < -0.4 is 4.74 Å². The summed E-state index contributed by atoms with van der Waals surface area (Å²) >= 11 is 0. The lowest BCUT2D eigenvalue weighted by atomic mass is 9.93.